The number of unbranched alkanes of at least 4 members (excludes halogenated alkanes) is 4. The molecule has 1 aliphatic heterocycles. The van der Waals surface area contributed by atoms with Crippen LogP contribution in [0.5, 0.6) is 11.5 Å². The molecule has 1 amide bonds. The van der Waals surface area contributed by atoms with Crippen molar-refractivity contribution in [3.63, 3.8) is 0 Å². The number of aliphatic hydroxyl groups excluding tert-OH is 1. The lowest BCUT2D eigenvalue weighted by Crippen LogP contribution is -2.28. The molecule has 11 heteroatoms. The third-order valence-corrected chi connectivity index (χ3v) is 7.01. The van der Waals surface area contributed by atoms with Gasteiger partial charge >= 0.3 is 0 Å². The normalized spacial score (nSPS) is 14.1. The smallest absolute Gasteiger partial charge is 0.262 e. The first kappa shape index (κ1) is 28.9. The Kier molecular flexibility index (Phi) is 11.2. The number of benzene rings is 2. The number of nitrogens with one attached hydrogen (secondary N) is 2. The minimum absolute atomic E-state index is 0.0935. The van der Waals surface area contributed by atoms with Gasteiger partial charge in [-0.25, -0.2) is 13.6 Å². The second-order valence-corrected chi connectivity index (χ2v) is 10.7. The van der Waals surface area contributed by atoms with Crippen molar-refractivity contribution in [3.8, 4) is 11.5 Å². The number of carbonyl (C=O) groups is 1. The molecule has 6 N–H and O–H groups in total. The van der Waals surface area contributed by atoms with E-state index in [-0.39, 0.29) is 28.8 Å². The van der Waals surface area contributed by atoms with Gasteiger partial charge in [0.2, 0.25) is 10.0 Å². The maximum Gasteiger partial charge on any atom is 0.262 e. The quantitative estimate of drug-likeness (QED) is 0.162. The second kappa shape index (κ2) is 14.3. The number of sulfonamides is 1. The molecule has 204 valence electrons. The number of aromatic hydroxyl groups is 1. The van der Waals surface area contributed by atoms with Gasteiger partial charge in [-0.15, -0.1) is 0 Å². The summed E-state index contributed by atoms with van der Waals surface area (Å²) in [5, 5.41) is 31.4. The van der Waals surface area contributed by atoms with E-state index in [1.54, 1.807) is 18.2 Å². The Hall–Kier alpha value is -2.70. The molecule has 0 fully saturated rings. The van der Waals surface area contributed by atoms with Crippen LogP contribution in [0.3, 0.4) is 0 Å². The lowest BCUT2D eigenvalue weighted by Gasteiger charge is -2.23. The van der Waals surface area contributed by atoms with Crippen molar-refractivity contribution in [2.45, 2.75) is 55.9 Å². The molecule has 1 unspecified atom stereocenters. The molecule has 10 nitrogen and oxygen atoms in total. The summed E-state index contributed by atoms with van der Waals surface area (Å²) in [4.78, 5) is 11.6. The van der Waals surface area contributed by atoms with Crippen LogP contribution >= 0.6 is 0 Å². The molecule has 0 radical (unpaired) electrons. The van der Waals surface area contributed by atoms with Crippen LogP contribution in [0.15, 0.2) is 41.3 Å². The number of aliphatic hydroxyl groups is 1. The molecule has 3 rings (SSSR count). The van der Waals surface area contributed by atoms with Crippen LogP contribution < -0.4 is 20.5 Å². The molecule has 0 saturated carbocycles. The number of amides is 1. The number of primary sulfonamides is 1. The maximum absolute atomic E-state index is 11.5. The number of fused-ring (bicyclic) bond motifs is 1. The van der Waals surface area contributed by atoms with Gasteiger partial charge in [-0.05, 0) is 68.5 Å². The van der Waals surface area contributed by atoms with E-state index in [1.807, 2.05) is 6.07 Å². The summed E-state index contributed by atoms with van der Waals surface area (Å²) in [6, 6.07) is 9.78. The fraction of sp³-hybridized carbons (Fsp3) is 0.500. The van der Waals surface area contributed by atoms with Crippen LogP contribution in [0, 0.1) is 0 Å². The number of phenolic OH excluding ortho intramolecular Hbond substituents is 1. The third kappa shape index (κ3) is 9.28. The SMILES string of the molecule is NS(=O)(=O)c1cccc(CCCCOCCCCCCNCC(O)c2ccc(O)c3c2OCC(=O)N3)c1. The number of hydrogen-bond acceptors (Lipinski definition) is 8. The summed E-state index contributed by atoms with van der Waals surface area (Å²) in [6.07, 6.45) is 5.86. The van der Waals surface area contributed by atoms with Crippen LogP contribution in [0.1, 0.15) is 55.8 Å². The van der Waals surface area contributed by atoms with Crippen LogP contribution in [-0.4, -0.2) is 57.4 Å². The number of ether oxygens (including phenoxy) is 2. The average Bonchev–Trinajstić information content (AvgIpc) is 2.87. The second-order valence-electron chi connectivity index (χ2n) is 9.11. The Balaban J connectivity index is 1.19. The fourth-order valence-electron chi connectivity index (χ4n) is 4.11. The van der Waals surface area contributed by atoms with E-state index in [9.17, 15) is 23.4 Å². The number of anilines is 1. The Morgan fingerprint density at radius 2 is 1.84 bits per heavy atom. The molecule has 1 heterocycles. The molecule has 0 spiro atoms. The van der Waals surface area contributed by atoms with Crippen molar-refractivity contribution in [1.82, 2.24) is 5.32 Å². The van der Waals surface area contributed by atoms with Gasteiger partial charge in [0.1, 0.15) is 11.4 Å². The van der Waals surface area contributed by atoms with E-state index in [0.29, 0.717) is 24.5 Å². The van der Waals surface area contributed by atoms with Crippen LogP contribution in [0.4, 0.5) is 5.69 Å². The largest absolute Gasteiger partial charge is 0.506 e. The zero-order valence-electron chi connectivity index (χ0n) is 20.9. The Morgan fingerprint density at radius 3 is 2.62 bits per heavy atom. The highest BCUT2D eigenvalue weighted by Crippen LogP contribution is 2.41. The fourth-order valence-corrected chi connectivity index (χ4v) is 4.69. The summed E-state index contributed by atoms with van der Waals surface area (Å²) in [7, 11) is -3.67. The van der Waals surface area contributed by atoms with Crippen molar-refractivity contribution in [3.05, 3.63) is 47.5 Å². The topological polar surface area (TPSA) is 160 Å². The minimum atomic E-state index is -3.67. The number of rotatable bonds is 16. The molecule has 2 aromatic carbocycles. The molecular formula is C26H37N3O7S. The predicted octanol–water partition coefficient (Wildman–Crippen LogP) is 2.59. The van der Waals surface area contributed by atoms with E-state index in [4.69, 9.17) is 14.6 Å². The Bertz CT molecular complexity index is 1140. The minimum Gasteiger partial charge on any atom is -0.506 e. The van der Waals surface area contributed by atoms with E-state index in [0.717, 1.165) is 63.7 Å². The molecular weight excluding hydrogens is 498 g/mol. The molecule has 37 heavy (non-hydrogen) atoms. The first-order chi connectivity index (χ1) is 17.8. The predicted molar refractivity (Wildman–Crippen MR) is 140 cm³/mol. The number of nitrogens with two attached hydrogens (primary N) is 1. The highest BCUT2D eigenvalue weighted by Gasteiger charge is 2.25. The summed E-state index contributed by atoms with van der Waals surface area (Å²) >= 11 is 0. The van der Waals surface area contributed by atoms with Gasteiger partial charge in [-0.3, -0.25) is 4.79 Å². The Morgan fingerprint density at radius 1 is 1.08 bits per heavy atom. The van der Waals surface area contributed by atoms with Crippen molar-refractivity contribution in [2.24, 2.45) is 5.14 Å². The Labute approximate surface area is 218 Å². The monoisotopic (exact) mass is 535 g/mol. The number of carbonyl (C=O) groups excluding carboxylic acids is 1. The van der Waals surface area contributed by atoms with Gasteiger partial charge in [0.25, 0.3) is 5.91 Å². The molecule has 1 atom stereocenters. The zero-order valence-corrected chi connectivity index (χ0v) is 21.8. The van der Waals surface area contributed by atoms with E-state index in [1.165, 1.54) is 12.1 Å². The van der Waals surface area contributed by atoms with Gasteiger partial charge in [0, 0.05) is 25.3 Å². The van der Waals surface area contributed by atoms with Crippen molar-refractivity contribution in [1.29, 1.82) is 0 Å². The van der Waals surface area contributed by atoms with Crippen molar-refractivity contribution >= 4 is 21.6 Å². The number of hydrogen-bond donors (Lipinski definition) is 5. The van der Waals surface area contributed by atoms with E-state index >= 15 is 0 Å². The number of phenols is 1. The van der Waals surface area contributed by atoms with Gasteiger partial charge < -0.3 is 30.3 Å². The van der Waals surface area contributed by atoms with Crippen LogP contribution in [0.2, 0.25) is 0 Å². The van der Waals surface area contributed by atoms with Crippen molar-refractivity contribution < 1.29 is 32.9 Å². The van der Waals surface area contributed by atoms with Crippen LogP contribution in [0.25, 0.3) is 0 Å². The van der Waals surface area contributed by atoms with Crippen molar-refractivity contribution in [2.75, 3.05) is 38.2 Å². The highest BCUT2D eigenvalue weighted by atomic mass is 32.2. The average molecular weight is 536 g/mol. The lowest BCUT2D eigenvalue weighted by atomic mass is 10.0. The van der Waals surface area contributed by atoms with Gasteiger partial charge in [0.15, 0.2) is 12.4 Å². The van der Waals surface area contributed by atoms with Gasteiger partial charge in [-0.1, -0.05) is 25.0 Å². The molecule has 0 bridgehead atoms. The lowest BCUT2D eigenvalue weighted by molar-refractivity contribution is -0.118. The highest BCUT2D eigenvalue weighted by molar-refractivity contribution is 7.89. The summed E-state index contributed by atoms with van der Waals surface area (Å²) in [6.45, 7) is 2.36. The zero-order chi connectivity index (χ0) is 26.7. The number of aryl methyl sites for hydroxylation is 1. The van der Waals surface area contributed by atoms with E-state index in [2.05, 4.69) is 10.6 Å². The van der Waals surface area contributed by atoms with Crippen LogP contribution in [-0.2, 0) is 26.0 Å². The van der Waals surface area contributed by atoms with Gasteiger partial charge in [-0.2, -0.15) is 0 Å². The first-order valence-corrected chi connectivity index (χ1v) is 14.2. The molecule has 1 aliphatic rings. The molecule has 2 aromatic rings. The summed E-state index contributed by atoms with van der Waals surface area (Å²) < 4.78 is 34.0. The molecule has 0 saturated heterocycles. The van der Waals surface area contributed by atoms with E-state index < -0.39 is 16.1 Å². The molecule has 0 aliphatic carbocycles. The maximum atomic E-state index is 11.5. The molecule has 0 aromatic heterocycles. The first-order valence-electron chi connectivity index (χ1n) is 12.6. The third-order valence-electron chi connectivity index (χ3n) is 6.10. The summed E-state index contributed by atoms with van der Waals surface area (Å²) in [5.41, 5.74) is 1.68. The van der Waals surface area contributed by atoms with Gasteiger partial charge in [0.05, 0.1) is 11.0 Å². The summed E-state index contributed by atoms with van der Waals surface area (Å²) in [5.74, 6) is -0.127. The standard InChI is InChI=1S/C26H37N3O7S/c27-37(33,34)20-10-7-9-19(16-20)8-3-6-15-35-14-5-2-1-4-13-28-17-23(31)21-11-12-22(30)25-26(21)36-18-24(32)29-25/h7,9-12,16,23,28,30-31H,1-6,8,13-15,17-18H2,(H,29,32)(H2,27,33,34).